The number of rotatable bonds is 5. The van der Waals surface area contributed by atoms with E-state index in [1.807, 2.05) is 19.1 Å². The van der Waals surface area contributed by atoms with Gasteiger partial charge in [0.25, 0.3) is 0 Å². The Kier molecular flexibility index (Phi) is 4.14. The standard InChI is InChI=1S/C16H25NO3/c1-6-16(3)13(17)9-14(16)20-15-11(18-4)7-10(2)8-12(15)19-5/h7-8,13-14H,6,9,17H2,1-5H3. The van der Waals surface area contributed by atoms with Gasteiger partial charge in [0.1, 0.15) is 6.10 Å². The molecular weight excluding hydrogens is 254 g/mol. The molecule has 0 bridgehead atoms. The number of nitrogens with two attached hydrogens (primary N) is 1. The minimum Gasteiger partial charge on any atom is -0.493 e. The van der Waals surface area contributed by atoms with Gasteiger partial charge in [0.05, 0.1) is 14.2 Å². The van der Waals surface area contributed by atoms with Crippen LogP contribution in [0.5, 0.6) is 17.2 Å². The van der Waals surface area contributed by atoms with Gasteiger partial charge in [-0.3, -0.25) is 0 Å². The average Bonchev–Trinajstić information content (AvgIpc) is 2.46. The fraction of sp³-hybridized carbons (Fsp3) is 0.625. The van der Waals surface area contributed by atoms with E-state index in [-0.39, 0.29) is 17.6 Å². The quantitative estimate of drug-likeness (QED) is 0.900. The first-order chi connectivity index (χ1) is 9.46. The van der Waals surface area contributed by atoms with Gasteiger partial charge in [-0.05, 0) is 31.0 Å². The number of aryl methyl sites for hydroxylation is 1. The Hall–Kier alpha value is -1.42. The Morgan fingerprint density at radius 1 is 1.25 bits per heavy atom. The molecule has 1 aliphatic carbocycles. The van der Waals surface area contributed by atoms with Crippen LogP contribution in [0.25, 0.3) is 0 Å². The van der Waals surface area contributed by atoms with Gasteiger partial charge < -0.3 is 19.9 Å². The molecule has 0 aromatic heterocycles. The van der Waals surface area contributed by atoms with E-state index in [0.717, 1.165) is 18.4 Å². The molecule has 2 rings (SSSR count). The molecule has 112 valence electrons. The molecule has 0 saturated heterocycles. The molecule has 2 N–H and O–H groups in total. The van der Waals surface area contributed by atoms with Gasteiger partial charge in [-0.15, -0.1) is 0 Å². The van der Waals surface area contributed by atoms with E-state index in [2.05, 4.69) is 13.8 Å². The second kappa shape index (κ2) is 5.52. The molecule has 20 heavy (non-hydrogen) atoms. The lowest BCUT2D eigenvalue weighted by Gasteiger charge is -2.51. The summed E-state index contributed by atoms with van der Waals surface area (Å²) in [6, 6.07) is 4.11. The van der Waals surface area contributed by atoms with Crippen molar-refractivity contribution in [2.75, 3.05) is 14.2 Å². The second-order valence-electron chi connectivity index (χ2n) is 5.81. The molecule has 1 aromatic carbocycles. The van der Waals surface area contributed by atoms with Crippen LogP contribution in [0.3, 0.4) is 0 Å². The van der Waals surface area contributed by atoms with Crippen LogP contribution in [0, 0.1) is 12.3 Å². The molecule has 4 heteroatoms. The third kappa shape index (κ3) is 2.33. The van der Waals surface area contributed by atoms with Crippen LogP contribution in [0.1, 0.15) is 32.3 Å². The lowest BCUT2D eigenvalue weighted by atomic mass is 9.62. The van der Waals surface area contributed by atoms with E-state index < -0.39 is 0 Å². The minimum absolute atomic E-state index is 0.0148. The lowest BCUT2D eigenvalue weighted by molar-refractivity contribution is -0.0580. The monoisotopic (exact) mass is 279 g/mol. The SMILES string of the molecule is CCC1(C)C(N)CC1Oc1c(OC)cc(C)cc1OC. The minimum atomic E-state index is 0.0148. The van der Waals surface area contributed by atoms with Crippen molar-refractivity contribution >= 4 is 0 Å². The zero-order valence-corrected chi connectivity index (χ0v) is 13.0. The van der Waals surface area contributed by atoms with Crippen LogP contribution in [0.4, 0.5) is 0 Å². The molecule has 4 nitrogen and oxygen atoms in total. The Bertz CT molecular complexity index is 464. The van der Waals surface area contributed by atoms with Crippen LogP contribution in [0.15, 0.2) is 12.1 Å². The third-order valence-electron chi connectivity index (χ3n) is 4.68. The second-order valence-corrected chi connectivity index (χ2v) is 5.81. The fourth-order valence-corrected chi connectivity index (χ4v) is 2.79. The molecular formula is C16H25NO3. The highest BCUT2D eigenvalue weighted by molar-refractivity contribution is 5.53. The van der Waals surface area contributed by atoms with Crippen molar-refractivity contribution in [3.63, 3.8) is 0 Å². The van der Waals surface area contributed by atoms with Crippen molar-refractivity contribution in [1.29, 1.82) is 0 Å². The number of ether oxygens (including phenoxy) is 3. The van der Waals surface area contributed by atoms with E-state index in [1.54, 1.807) is 14.2 Å². The van der Waals surface area contributed by atoms with Crippen molar-refractivity contribution in [2.24, 2.45) is 11.1 Å². The highest BCUT2D eigenvalue weighted by Crippen LogP contribution is 2.48. The third-order valence-corrected chi connectivity index (χ3v) is 4.68. The predicted octanol–water partition coefficient (Wildman–Crippen LogP) is 2.91. The van der Waals surface area contributed by atoms with Crippen LogP contribution in [-0.4, -0.2) is 26.4 Å². The molecule has 1 fully saturated rings. The fourth-order valence-electron chi connectivity index (χ4n) is 2.79. The van der Waals surface area contributed by atoms with Crippen molar-refractivity contribution in [3.05, 3.63) is 17.7 Å². The zero-order chi connectivity index (χ0) is 14.9. The molecule has 0 spiro atoms. The number of methoxy groups -OCH3 is 2. The smallest absolute Gasteiger partial charge is 0.203 e. The van der Waals surface area contributed by atoms with Gasteiger partial charge in [0.15, 0.2) is 11.5 Å². The first-order valence-corrected chi connectivity index (χ1v) is 7.11. The van der Waals surface area contributed by atoms with Gasteiger partial charge in [0.2, 0.25) is 5.75 Å². The molecule has 0 amide bonds. The Labute approximate surface area is 121 Å². The van der Waals surface area contributed by atoms with Gasteiger partial charge in [-0.2, -0.15) is 0 Å². The predicted molar refractivity (Wildman–Crippen MR) is 79.7 cm³/mol. The van der Waals surface area contributed by atoms with Crippen molar-refractivity contribution in [2.45, 2.75) is 45.8 Å². The molecule has 1 aliphatic rings. The maximum Gasteiger partial charge on any atom is 0.203 e. The van der Waals surface area contributed by atoms with Crippen molar-refractivity contribution in [1.82, 2.24) is 0 Å². The molecule has 1 aromatic rings. The first kappa shape index (κ1) is 15.0. The molecule has 3 unspecified atom stereocenters. The van der Waals surface area contributed by atoms with E-state index >= 15 is 0 Å². The van der Waals surface area contributed by atoms with E-state index in [9.17, 15) is 0 Å². The first-order valence-electron chi connectivity index (χ1n) is 7.11. The summed E-state index contributed by atoms with van der Waals surface area (Å²) in [6.07, 6.45) is 1.97. The van der Waals surface area contributed by atoms with Gasteiger partial charge in [0, 0.05) is 17.9 Å². The maximum atomic E-state index is 6.20. The zero-order valence-electron chi connectivity index (χ0n) is 13.0. The van der Waals surface area contributed by atoms with Gasteiger partial charge >= 0.3 is 0 Å². The highest BCUT2D eigenvalue weighted by Gasteiger charge is 2.50. The summed E-state index contributed by atoms with van der Waals surface area (Å²) in [5, 5.41) is 0. The molecule has 0 heterocycles. The lowest BCUT2D eigenvalue weighted by Crippen LogP contribution is -2.61. The highest BCUT2D eigenvalue weighted by atomic mass is 16.5. The van der Waals surface area contributed by atoms with E-state index in [1.165, 1.54) is 0 Å². The van der Waals surface area contributed by atoms with E-state index in [0.29, 0.717) is 17.2 Å². The molecule has 0 aliphatic heterocycles. The Morgan fingerprint density at radius 2 is 1.80 bits per heavy atom. The van der Waals surface area contributed by atoms with Gasteiger partial charge in [-0.25, -0.2) is 0 Å². The van der Waals surface area contributed by atoms with Crippen molar-refractivity contribution in [3.8, 4) is 17.2 Å². The average molecular weight is 279 g/mol. The molecule has 0 radical (unpaired) electrons. The maximum absolute atomic E-state index is 6.20. The normalized spacial score (nSPS) is 28.7. The topological polar surface area (TPSA) is 53.7 Å². The summed E-state index contributed by atoms with van der Waals surface area (Å²) < 4.78 is 17.1. The van der Waals surface area contributed by atoms with Crippen molar-refractivity contribution < 1.29 is 14.2 Å². The molecule has 3 atom stereocenters. The summed E-state index contributed by atoms with van der Waals surface area (Å²) in [4.78, 5) is 0. The van der Waals surface area contributed by atoms with Crippen LogP contribution in [-0.2, 0) is 0 Å². The largest absolute Gasteiger partial charge is 0.493 e. The summed E-state index contributed by atoms with van der Waals surface area (Å²) >= 11 is 0. The van der Waals surface area contributed by atoms with Crippen LogP contribution < -0.4 is 19.9 Å². The molecule has 1 saturated carbocycles. The van der Waals surface area contributed by atoms with E-state index in [4.69, 9.17) is 19.9 Å². The number of hydrogen-bond donors (Lipinski definition) is 1. The van der Waals surface area contributed by atoms with Crippen LogP contribution in [0.2, 0.25) is 0 Å². The summed E-state index contributed by atoms with van der Waals surface area (Å²) in [7, 11) is 3.29. The van der Waals surface area contributed by atoms with Crippen LogP contribution >= 0.6 is 0 Å². The number of benzene rings is 1. The summed E-state index contributed by atoms with van der Waals surface area (Å²) in [5.41, 5.74) is 7.23. The Balaban J connectivity index is 2.30. The summed E-state index contributed by atoms with van der Waals surface area (Å²) in [6.45, 7) is 6.34. The summed E-state index contributed by atoms with van der Waals surface area (Å²) in [5.74, 6) is 2.10. The Morgan fingerprint density at radius 3 is 2.20 bits per heavy atom. The van der Waals surface area contributed by atoms with Gasteiger partial charge in [-0.1, -0.05) is 13.8 Å². The number of hydrogen-bond acceptors (Lipinski definition) is 4.